The summed E-state index contributed by atoms with van der Waals surface area (Å²) in [4.78, 5) is 32.2. The fourth-order valence-corrected chi connectivity index (χ4v) is 5.17. The summed E-state index contributed by atoms with van der Waals surface area (Å²) in [5.41, 5.74) is 2.07. The number of nitrogens with one attached hydrogen (secondary N) is 3. The van der Waals surface area contributed by atoms with Gasteiger partial charge in [-0.25, -0.2) is 9.78 Å². The second-order valence-corrected chi connectivity index (χ2v) is 11.1. The van der Waals surface area contributed by atoms with E-state index in [0.29, 0.717) is 27.1 Å². The van der Waals surface area contributed by atoms with Gasteiger partial charge in [0.15, 0.2) is 5.13 Å². The van der Waals surface area contributed by atoms with E-state index in [-0.39, 0.29) is 11.9 Å². The average molecular weight is 525 g/mol. The van der Waals surface area contributed by atoms with Gasteiger partial charge in [-0.05, 0) is 57.2 Å². The third-order valence-electron chi connectivity index (χ3n) is 5.45. The lowest BCUT2D eigenvalue weighted by Gasteiger charge is -2.35. The number of hydrogen-bond donors (Lipinski definition) is 3. The molecule has 188 valence electrons. The van der Waals surface area contributed by atoms with Crippen molar-refractivity contribution < 1.29 is 14.3 Å². The summed E-state index contributed by atoms with van der Waals surface area (Å²) < 4.78 is 5.36. The average Bonchev–Trinajstić information content (AvgIpc) is 3.48. The van der Waals surface area contributed by atoms with Crippen LogP contribution in [-0.4, -0.2) is 41.7 Å². The Morgan fingerprint density at radius 1 is 1.14 bits per heavy atom. The molecule has 2 aromatic heterocycles. The highest BCUT2D eigenvalue weighted by molar-refractivity contribution is 7.14. The maximum atomic E-state index is 13.0. The number of piperidine rings is 1. The quantitative estimate of drug-likeness (QED) is 0.386. The van der Waals surface area contributed by atoms with Crippen LogP contribution in [0.5, 0.6) is 0 Å². The second kappa shape index (κ2) is 11.0. The molecule has 1 fully saturated rings. The van der Waals surface area contributed by atoms with Gasteiger partial charge in [-0.15, -0.1) is 22.7 Å². The largest absolute Gasteiger partial charge is 0.444 e. The molecule has 1 aliphatic heterocycles. The van der Waals surface area contributed by atoms with Crippen molar-refractivity contribution in [3.8, 4) is 6.07 Å². The molecule has 0 bridgehead atoms. The normalized spacial score (nSPS) is 14.1. The molecule has 1 aromatic carbocycles. The molecule has 2 amide bonds. The van der Waals surface area contributed by atoms with Crippen molar-refractivity contribution >= 4 is 56.9 Å². The molecule has 9 nitrogen and oxygen atoms in total. The number of hydrogen-bond acceptors (Lipinski definition) is 9. The Bertz CT molecular complexity index is 1270. The van der Waals surface area contributed by atoms with E-state index in [2.05, 4.69) is 31.9 Å². The maximum Gasteiger partial charge on any atom is 0.407 e. The van der Waals surface area contributed by atoms with E-state index in [9.17, 15) is 14.9 Å². The van der Waals surface area contributed by atoms with E-state index in [1.165, 1.54) is 22.7 Å². The number of thiazole rings is 1. The van der Waals surface area contributed by atoms with E-state index < -0.39 is 11.7 Å². The number of para-hydroxylation sites is 2. The molecule has 36 heavy (non-hydrogen) atoms. The highest BCUT2D eigenvalue weighted by Crippen LogP contribution is 2.30. The van der Waals surface area contributed by atoms with Gasteiger partial charge >= 0.3 is 6.09 Å². The van der Waals surface area contributed by atoms with Gasteiger partial charge in [-0.1, -0.05) is 12.1 Å². The van der Waals surface area contributed by atoms with Crippen molar-refractivity contribution in [2.75, 3.05) is 28.6 Å². The molecule has 11 heteroatoms. The number of thiophene rings is 1. The minimum Gasteiger partial charge on any atom is -0.444 e. The molecule has 0 spiro atoms. The lowest BCUT2D eigenvalue weighted by Crippen LogP contribution is -2.46. The van der Waals surface area contributed by atoms with Gasteiger partial charge in [0.2, 0.25) is 0 Å². The van der Waals surface area contributed by atoms with Gasteiger partial charge in [0, 0.05) is 24.5 Å². The number of nitrogens with zero attached hydrogens (tertiary/aromatic N) is 3. The predicted molar refractivity (Wildman–Crippen MR) is 143 cm³/mol. The summed E-state index contributed by atoms with van der Waals surface area (Å²) in [5.74, 6) is -0.306. The Kier molecular flexibility index (Phi) is 7.76. The topological polar surface area (TPSA) is 119 Å². The van der Waals surface area contributed by atoms with Crippen molar-refractivity contribution in [2.45, 2.75) is 45.3 Å². The molecule has 3 aromatic rings. The van der Waals surface area contributed by atoms with Crippen LogP contribution in [0.25, 0.3) is 0 Å². The Morgan fingerprint density at radius 2 is 1.89 bits per heavy atom. The van der Waals surface area contributed by atoms with E-state index in [1.807, 2.05) is 56.5 Å². The van der Waals surface area contributed by atoms with Crippen molar-refractivity contribution in [1.29, 1.82) is 5.26 Å². The minimum atomic E-state index is -0.528. The highest BCUT2D eigenvalue weighted by atomic mass is 32.1. The number of benzene rings is 1. The van der Waals surface area contributed by atoms with Gasteiger partial charge in [-0.2, -0.15) is 5.26 Å². The van der Waals surface area contributed by atoms with Gasteiger partial charge in [0.1, 0.15) is 22.2 Å². The fourth-order valence-electron chi connectivity index (χ4n) is 3.83. The number of ether oxygens (including phenoxy) is 1. The third-order valence-corrected chi connectivity index (χ3v) is 7.03. The number of anilines is 4. The maximum absolute atomic E-state index is 13.0. The van der Waals surface area contributed by atoms with Crippen LogP contribution in [0.2, 0.25) is 0 Å². The van der Waals surface area contributed by atoms with Crippen LogP contribution in [-0.2, 0) is 4.74 Å². The van der Waals surface area contributed by atoms with Gasteiger partial charge in [-0.3, -0.25) is 4.79 Å². The summed E-state index contributed by atoms with van der Waals surface area (Å²) in [6.45, 7) is 7.01. The molecule has 0 unspecified atom stereocenters. The molecular formula is C25H28N6O3S2. The van der Waals surface area contributed by atoms with E-state index in [0.717, 1.165) is 31.6 Å². The summed E-state index contributed by atoms with van der Waals surface area (Å²) in [7, 11) is 0. The summed E-state index contributed by atoms with van der Waals surface area (Å²) in [5, 5.41) is 22.3. The minimum absolute atomic E-state index is 0.0450. The van der Waals surface area contributed by atoms with Crippen molar-refractivity contribution in [1.82, 2.24) is 10.3 Å². The summed E-state index contributed by atoms with van der Waals surface area (Å²) in [6.07, 6.45) is 1.15. The number of carbonyl (C=O) groups excluding carboxylic acids is 2. The molecule has 1 saturated heterocycles. The number of aromatic nitrogens is 1. The zero-order valence-electron chi connectivity index (χ0n) is 20.3. The molecule has 0 atom stereocenters. The monoisotopic (exact) mass is 524 g/mol. The van der Waals surface area contributed by atoms with Crippen LogP contribution < -0.4 is 20.9 Å². The predicted octanol–water partition coefficient (Wildman–Crippen LogP) is 5.57. The number of amides is 2. The van der Waals surface area contributed by atoms with Gasteiger partial charge < -0.3 is 25.6 Å². The molecule has 3 N–H and O–H groups in total. The molecule has 0 saturated carbocycles. The molecule has 0 radical (unpaired) electrons. The lowest BCUT2D eigenvalue weighted by atomic mass is 10.0. The first-order valence-corrected chi connectivity index (χ1v) is 13.3. The van der Waals surface area contributed by atoms with Gasteiger partial charge in [0.25, 0.3) is 5.91 Å². The Balaban J connectivity index is 1.36. The Hall–Kier alpha value is -3.62. The number of rotatable bonds is 6. The van der Waals surface area contributed by atoms with Crippen LogP contribution in [0.3, 0.4) is 0 Å². The lowest BCUT2D eigenvalue weighted by molar-refractivity contribution is 0.0497. The molecular weight excluding hydrogens is 496 g/mol. The first-order valence-electron chi connectivity index (χ1n) is 11.6. The van der Waals surface area contributed by atoms with E-state index >= 15 is 0 Å². The van der Waals surface area contributed by atoms with Crippen LogP contribution >= 0.6 is 22.7 Å². The first-order chi connectivity index (χ1) is 17.2. The number of alkyl carbamates (subject to hydrolysis) is 1. The second-order valence-electron chi connectivity index (χ2n) is 9.32. The van der Waals surface area contributed by atoms with E-state index in [1.54, 1.807) is 5.38 Å². The first kappa shape index (κ1) is 25.5. The Morgan fingerprint density at radius 3 is 2.61 bits per heavy atom. The van der Waals surface area contributed by atoms with E-state index in [4.69, 9.17) is 4.74 Å². The fraction of sp³-hybridized carbons (Fsp3) is 0.360. The smallest absolute Gasteiger partial charge is 0.407 e. The molecule has 1 aliphatic rings. The summed E-state index contributed by atoms with van der Waals surface area (Å²) in [6, 6.07) is 11.7. The zero-order valence-corrected chi connectivity index (χ0v) is 22.0. The Labute approximate surface area is 218 Å². The van der Waals surface area contributed by atoms with Crippen molar-refractivity contribution in [3.63, 3.8) is 0 Å². The summed E-state index contributed by atoms with van der Waals surface area (Å²) >= 11 is 2.65. The number of nitriles is 1. The van der Waals surface area contributed by atoms with Crippen LogP contribution in [0.4, 0.5) is 27.0 Å². The van der Waals surface area contributed by atoms with Crippen molar-refractivity contribution in [2.24, 2.45) is 0 Å². The van der Waals surface area contributed by atoms with Crippen LogP contribution in [0.1, 0.15) is 49.0 Å². The standard InChI is InChI=1S/C25H28N6O3S2/c1-25(2,3)34-24(33)27-16-8-11-31(12-9-16)20-7-5-4-6-17(20)28-22(32)19-15-36-23(30-19)29-18-10-13-35-21(18)14-26/h4-7,10,13,15-16H,8-9,11-12H2,1-3H3,(H,27,33)(H,28,32)(H,29,30). The zero-order chi connectivity index (χ0) is 25.7. The molecule has 4 rings (SSSR count). The van der Waals surface area contributed by atoms with Crippen LogP contribution in [0.15, 0.2) is 41.1 Å². The highest BCUT2D eigenvalue weighted by Gasteiger charge is 2.25. The number of carbonyl (C=O) groups is 2. The molecule has 0 aliphatic carbocycles. The third kappa shape index (κ3) is 6.53. The molecule has 3 heterocycles. The van der Waals surface area contributed by atoms with Crippen LogP contribution in [0, 0.1) is 11.3 Å². The SMILES string of the molecule is CC(C)(C)OC(=O)NC1CCN(c2ccccc2NC(=O)c2csc(Nc3ccsc3C#N)n2)CC1. The van der Waals surface area contributed by atoms with Crippen molar-refractivity contribution in [3.05, 3.63) is 51.7 Å². The van der Waals surface area contributed by atoms with Gasteiger partial charge in [0.05, 0.1) is 17.1 Å².